The molecule has 0 aromatic heterocycles. The zero-order valence-corrected chi connectivity index (χ0v) is 8.69. The molecule has 0 rings (SSSR count). The first-order chi connectivity index (χ1) is 4.54. The van der Waals surface area contributed by atoms with Crippen LogP contribution in [0, 0.1) is 11.8 Å². The summed E-state index contributed by atoms with van der Waals surface area (Å²) in [5.41, 5.74) is 0. The number of rotatable bonds is 2. The molecule has 0 saturated heterocycles. The van der Waals surface area contributed by atoms with E-state index in [-0.39, 0.29) is 29.7 Å². The van der Waals surface area contributed by atoms with Gasteiger partial charge in [-0.1, -0.05) is 39.5 Å². The third-order valence-electron chi connectivity index (χ3n) is 0.667. The van der Waals surface area contributed by atoms with Gasteiger partial charge in [0.2, 0.25) is 0 Å². The van der Waals surface area contributed by atoms with Crippen molar-refractivity contribution < 1.29 is 26.7 Å². The fourth-order valence-electron chi connectivity index (χ4n) is 0. The van der Waals surface area contributed by atoms with E-state index in [2.05, 4.69) is 0 Å². The van der Waals surface area contributed by atoms with Crippen LogP contribution in [0.15, 0.2) is 0 Å². The summed E-state index contributed by atoms with van der Waals surface area (Å²) < 4.78 is 0. The normalized spacial score (nSPS) is 8.73. The SMILES string of the molecule is CC(C)C[O-].CC(C)C[O-].[Ni+2]. The largest absolute Gasteiger partial charge is 2.00 e. The molecule has 72 valence electrons. The average molecular weight is 205 g/mol. The summed E-state index contributed by atoms with van der Waals surface area (Å²) in [6.45, 7) is 7.75. The quantitative estimate of drug-likeness (QED) is 0.595. The maximum Gasteiger partial charge on any atom is 2.00 e. The fourth-order valence-corrected chi connectivity index (χ4v) is 0. The van der Waals surface area contributed by atoms with Gasteiger partial charge in [0.1, 0.15) is 0 Å². The van der Waals surface area contributed by atoms with Crippen LogP contribution in [0.1, 0.15) is 27.7 Å². The Morgan fingerprint density at radius 3 is 0.909 bits per heavy atom. The van der Waals surface area contributed by atoms with Gasteiger partial charge >= 0.3 is 16.5 Å². The molecular weight excluding hydrogens is 187 g/mol. The van der Waals surface area contributed by atoms with Crippen molar-refractivity contribution in [3.63, 3.8) is 0 Å². The van der Waals surface area contributed by atoms with Crippen LogP contribution in [0.2, 0.25) is 0 Å². The second-order valence-electron chi connectivity index (χ2n) is 3.12. The van der Waals surface area contributed by atoms with E-state index in [9.17, 15) is 10.2 Å². The molecule has 0 aromatic rings. The molecule has 3 heteroatoms. The summed E-state index contributed by atoms with van der Waals surface area (Å²) >= 11 is 0. The summed E-state index contributed by atoms with van der Waals surface area (Å²) in [4.78, 5) is 0. The van der Waals surface area contributed by atoms with E-state index in [1.54, 1.807) is 0 Å². The van der Waals surface area contributed by atoms with Crippen molar-refractivity contribution in [3.8, 4) is 0 Å². The minimum Gasteiger partial charge on any atom is -0.854 e. The summed E-state index contributed by atoms with van der Waals surface area (Å²) in [5.74, 6) is 0.657. The van der Waals surface area contributed by atoms with Gasteiger partial charge in [-0.2, -0.15) is 0 Å². The van der Waals surface area contributed by atoms with Crippen LogP contribution >= 0.6 is 0 Å². The number of hydrogen-bond donors (Lipinski definition) is 0. The Balaban J connectivity index is -0.000000107. The van der Waals surface area contributed by atoms with Gasteiger partial charge in [0.05, 0.1) is 0 Å². The van der Waals surface area contributed by atoms with E-state index in [1.807, 2.05) is 27.7 Å². The first-order valence-corrected chi connectivity index (χ1v) is 3.70. The molecule has 0 fully saturated rings. The minimum absolute atomic E-state index is 0. The van der Waals surface area contributed by atoms with Crippen LogP contribution in [0.5, 0.6) is 0 Å². The van der Waals surface area contributed by atoms with Crippen molar-refractivity contribution >= 4 is 0 Å². The second kappa shape index (κ2) is 13.0. The molecule has 0 aromatic carbocycles. The van der Waals surface area contributed by atoms with Crippen molar-refractivity contribution in [1.82, 2.24) is 0 Å². The Hall–Kier alpha value is 0.414. The number of hydrogen-bond acceptors (Lipinski definition) is 2. The molecule has 0 N–H and O–H groups in total. The zero-order chi connectivity index (χ0) is 8.57. The van der Waals surface area contributed by atoms with Gasteiger partial charge in [-0.15, -0.1) is 13.2 Å². The molecule has 0 unspecified atom stereocenters. The first-order valence-electron chi connectivity index (χ1n) is 3.70. The van der Waals surface area contributed by atoms with E-state index in [1.165, 1.54) is 0 Å². The zero-order valence-electron chi connectivity index (χ0n) is 7.70. The van der Waals surface area contributed by atoms with Crippen LogP contribution in [0.3, 0.4) is 0 Å². The molecule has 0 aliphatic rings. The minimum atomic E-state index is 0. The van der Waals surface area contributed by atoms with Crippen LogP contribution in [0.25, 0.3) is 0 Å². The molecule has 0 amide bonds. The van der Waals surface area contributed by atoms with Crippen LogP contribution in [-0.4, -0.2) is 13.2 Å². The third-order valence-corrected chi connectivity index (χ3v) is 0.667. The van der Waals surface area contributed by atoms with Crippen molar-refractivity contribution in [2.75, 3.05) is 13.2 Å². The van der Waals surface area contributed by atoms with Crippen molar-refractivity contribution in [2.24, 2.45) is 11.8 Å². The Morgan fingerprint density at radius 1 is 0.818 bits per heavy atom. The fraction of sp³-hybridized carbons (Fsp3) is 1.00. The predicted octanol–water partition coefficient (Wildman–Crippen LogP) is 0.00290. The molecule has 11 heavy (non-hydrogen) atoms. The molecule has 0 aliphatic carbocycles. The topological polar surface area (TPSA) is 46.1 Å². The second-order valence-corrected chi connectivity index (χ2v) is 3.12. The first kappa shape index (κ1) is 17.5. The van der Waals surface area contributed by atoms with Gasteiger partial charge < -0.3 is 10.2 Å². The predicted molar refractivity (Wildman–Crippen MR) is 39.4 cm³/mol. The average Bonchev–Trinajstić information content (AvgIpc) is 1.89. The van der Waals surface area contributed by atoms with Crippen LogP contribution in [-0.2, 0) is 16.5 Å². The molecule has 0 radical (unpaired) electrons. The molecular formula is C8H18NiO2. The molecule has 2 nitrogen and oxygen atoms in total. The smallest absolute Gasteiger partial charge is 0.854 e. The van der Waals surface area contributed by atoms with Crippen molar-refractivity contribution in [1.29, 1.82) is 0 Å². The summed E-state index contributed by atoms with van der Waals surface area (Å²) in [6, 6.07) is 0. The van der Waals surface area contributed by atoms with Crippen LogP contribution in [0.4, 0.5) is 0 Å². The van der Waals surface area contributed by atoms with Crippen molar-refractivity contribution in [2.45, 2.75) is 27.7 Å². The maximum atomic E-state index is 9.63. The van der Waals surface area contributed by atoms with E-state index in [0.717, 1.165) is 0 Å². The van der Waals surface area contributed by atoms with Gasteiger partial charge in [0, 0.05) is 0 Å². The summed E-state index contributed by atoms with van der Waals surface area (Å²) in [7, 11) is 0. The summed E-state index contributed by atoms with van der Waals surface area (Å²) in [6.07, 6.45) is 0. The molecule has 0 atom stereocenters. The van der Waals surface area contributed by atoms with Gasteiger partial charge in [-0.05, 0) is 0 Å². The molecule has 0 saturated carbocycles. The van der Waals surface area contributed by atoms with E-state index >= 15 is 0 Å². The Bertz CT molecular complexity index is 48.1. The van der Waals surface area contributed by atoms with E-state index in [0.29, 0.717) is 11.8 Å². The Morgan fingerprint density at radius 2 is 0.909 bits per heavy atom. The van der Waals surface area contributed by atoms with Crippen LogP contribution < -0.4 is 10.2 Å². The monoisotopic (exact) mass is 204 g/mol. The Labute approximate surface area is 79.9 Å². The Kier molecular flexibility index (Phi) is 20.7. The van der Waals surface area contributed by atoms with E-state index in [4.69, 9.17) is 0 Å². The molecule has 0 spiro atoms. The summed E-state index contributed by atoms with van der Waals surface area (Å²) in [5, 5.41) is 19.3. The van der Waals surface area contributed by atoms with Gasteiger partial charge in [0.25, 0.3) is 0 Å². The third kappa shape index (κ3) is 37.8. The maximum absolute atomic E-state index is 9.63. The van der Waals surface area contributed by atoms with Gasteiger partial charge in [-0.25, -0.2) is 0 Å². The molecule has 0 bridgehead atoms. The molecule has 0 heterocycles. The standard InChI is InChI=1S/2C4H9O.Ni/c2*1-4(2)3-5;/h2*4H,3H2,1-2H3;/q2*-1;+2. The van der Waals surface area contributed by atoms with Crippen molar-refractivity contribution in [3.05, 3.63) is 0 Å². The van der Waals surface area contributed by atoms with Gasteiger partial charge in [-0.3, -0.25) is 0 Å². The van der Waals surface area contributed by atoms with Gasteiger partial charge in [0.15, 0.2) is 0 Å². The van der Waals surface area contributed by atoms with E-state index < -0.39 is 0 Å². The molecule has 0 aliphatic heterocycles.